The molecule has 0 radical (unpaired) electrons. The molecule has 1 amide bonds. The first kappa shape index (κ1) is 21.4. The third-order valence-electron chi connectivity index (χ3n) is 2.62. The van der Waals surface area contributed by atoms with E-state index in [1.165, 1.54) is 6.07 Å². The molecule has 1 atom stereocenters. The maximum atomic E-state index is 12.7. The van der Waals surface area contributed by atoms with Crippen LogP contribution in [0.15, 0.2) is 18.3 Å². The van der Waals surface area contributed by atoms with Crippen molar-refractivity contribution in [1.29, 1.82) is 0 Å². The normalized spacial score (nSPS) is 12.5. The Morgan fingerprint density at radius 2 is 2.09 bits per heavy atom. The minimum Gasteiger partial charge on any atom is -0.471 e. The second-order valence-corrected chi connectivity index (χ2v) is 4.76. The smallest absolute Gasteiger partial charge is 0.340 e. The number of aromatic nitrogens is 1. The number of pyridine rings is 1. The van der Waals surface area contributed by atoms with E-state index in [1.807, 2.05) is 0 Å². The molecule has 0 spiro atoms. The molecule has 3 N–H and O–H groups in total. The molecule has 0 aromatic carbocycles. The summed E-state index contributed by atoms with van der Waals surface area (Å²) in [6.45, 7) is 0.696. The van der Waals surface area contributed by atoms with Gasteiger partial charge in [-0.1, -0.05) is 0 Å². The summed E-state index contributed by atoms with van der Waals surface area (Å²) in [6, 6.07) is 2.40. The van der Waals surface area contributed by atoms with Crippen LogP contribution in [-0.2, 0) is 0 Å². The van der Waals surface area contributed by atoms with Crippen LogP contribution in [0.5, 0.6) is 5.88 Å². The monoisotopic (exact) mass is 359 g/mol. The van der Waals surface area contributed by atoms with E-state index in [2.05, 4.69) is 15.0 Å². The van der Waals surface area contributed by atoms with E-state index < -0.39 is 24.9 Å². The second kappa shape index (κ2) is 9.51. The standard InChI is InChI=1S/C13H17F4N3O2.ClH/c1-8(18)4-5-19-11(21)9-2-3-10(20-6-9)22-7-13(16,17)12(14)15;/h2-3,6,8,12H,4-5,7,18H2,1H3,(H,19,21);1H. The Bertz CT molecular complexity index is 487. The number of amides is 1. The van der Waals surface area contributed by atoms with Crippen molar-refractivity contribution in [2.24, 2.45) is 5.73 Å². The maximum absolute atomic E-state index is 12.7. The Morgan fingerprint density at radius 3 is 2.57 bits per heavy atom. The van der Waals surface area contributed by atoms with Crippen molar-refractivity contribution in [1.82, 2.24) is 10.3 Å². The van der Waals surface area contributed by atoms with Gasteiger partial charge in [0.2, 0.25) is 5.88 Å². The van der Waals surface area contributed by atoms with Gasteiger partial charge in [0.05, 0.1) is 5.56 Å². The Labute approximate surface area is 137 Å². The zero-order valence-corrected chi connectivity index (χ0v) is 13.1. The van der Waals surface area contributed by atoms with Gasteiger partial charge in [-0.05, 0) is 19.4 Å². The molecular formula is C13H18ClF4N3O2. The largest absolute Gasteiger partial charge is 0.471 e. The van der Waals surface area contributed by atoms with Gasteiger partial charge in [0.25, 0.3) is 5.91 Å². The summed E-state index contributed by atoms with van der Waals surface area (Å²) in [5, 5.41) is 2.60. The first-order valence-electron chi connectivity index (χ1n) is 6.51. The lowest BCUT2D eigenvalue weighted by atomic mass is 10.2. The number of nitrogens with zero attached hydrogens (tertiary/aromatic N) is 1. The summed E-state index contributed by atoms with van der Waals surface area (Å²) in [4.78, 5) is 15.3. The fourth-order valence-electron chi connectivity index (χ4n) is 1.35. The van der Waals surface area contributed by atoms with E-state index in [1.54, 1.807) is 6.92 Å². The SMILES string of the molecule is CC(N)CCNC(=O)c1ccc(OCC(F)(F)C(F)F)nc1.Cl. The summed E-state index contributed by atoms with van der Waals surface area (Å²) < 4.78 is 53.7. The van der Waals surface area contributed by atoms with Gasteiger partial charge in [-0.3, -0.25) is 4.79 Å². The lowest BCUT2D eigenvalue weighted by Gasteiger charge is -2.15. The molecular weight excluding hydrogens is 342 g/mol. The van der Waals surface area contributed by atoms with Crippen LogP contribution < -0.4 is 15.8 Å². The summed E-state index contributed by atoms with van der Waals surface area (Å²) in [6.07, 6.45) is -2.11. The Kier molecular flexibility index (Phi) is 8.85. The van der Waals surface area contributed by atoms with Gasteiger partial charge in [-0.25, -0.2) is 13.8 Å². The predicted molar refractivity (Wildman–Crippen MR) is 78.5 cm³/mol. The average Bonchev–Trinajstić information content (AvgIpc) is 2.45. The second-order valence-electron chi connectivity index (χ2n) is 4.76. The molecule has 1 unspecified atom stereocenters. The zero-order chi connectivity index (χ0) is 16.8. The molecule has 10 heteroatoms. The van der Waals surface area contributed by atoms with Crippen LogP contribution in [0.1, 0.15) is 23.7 Å². The van der Waals surface area contributed by atoms with Gasteiger partial charge >= 0.3 is 12.3 Å². The van der Waals surface area contributed by atoms with E-state index in [-0.39, 0.29) is 29.9 Å². The average molecular weight is 360 g/mol. The number of nitrogens with one attached hydrogen (secondary N) is 1. The van der Waals surface area contributed by atoms with Crippen molar-refractivity contribution in [3.05, 3.63) is 23.9 Å². The first-order chi connectivity index (χ1) is 10.2. The number of nitrogens with two attached hydrogens (primary N) is 1. The Morgan fingerprint density at radius 1 is 1.43 bits per heavy atom. The lowest BCUT2D eigenvalue weighted by Crippen LogP contribution is -2.34. The van der Waals surface area contributed by atoms with E-state index in [0.717, 1.165) is 12.3 Å². The van der Waals surface area contributed by atoms with Crippen LogP contribution in [0.4, 0.5) is 17.6 Å². The topological polar surface area (TPSA) is 77.2 Å². The van der Waals surface area contributed by atoms with Crippen molar-refractivity contribution in [2.45, 2.75) is 31.7 Å². The van der Waals surface area contributed by atoms with Gasteiger partial charge in [-0.15, -0.1) is 12.4 Å². The summed E-state index contributed by atoms with van der Waals surface area (Å²) in [7, 11) is 0. The number of hydrogen-bond acceptors (Lipinski definition) is 4. The predicted octanol–water partition coefficient (Wildman–Crippen LogP) is 2.25. The molecule has 1 rings (SSSR count). The number of carbonyl (C=O) groups excluding carboxylic acids is 1. The van der Waals surface area contributed by atoms with Gasteiger partial charge in [0.15, 0.2) is 6.61 Å². The van der Waals surface area contributed by atoms with Crippen LogP contribution in [0.2, 0.25) is 0 Å². The van der Waals surface area contributed by atoms with Gasteiger partial charge in [-0.2, -0.15) is 8.78 Å². The van der Waals surface area contributed by atoms with Gasteiger partial charge in [0.1, 0.15) is 0 Å². The number of alkyl halides is 4. The highest BCUT2D eigenvalue weighted by Gasteiger charge is 2.41. The lowest BCUT2D eigenvalue weighted by molar-refractivity contribution is -0.148. The highest BCUT2D eigenvalue weighted by molar-refractivity contribution is 5.93. The van der Waals surface area contributed by atoms with Crippen molar-refractivity contribution < 1.29 is 27.1 Å². The number of ether oxygens (including phenoxy) is 1. The van der Waals surface area contributed by atoms with Gasteiger partial charge in [0, 0.05) is 24.8 Å². The molecule has 1 heterocycles. The van der Waals surface area contributed by atoms with E-state index in [4.69, 9.17) is 5.73 Å². The number of carbonyl (C=O) groups is 1. The van der Waals surface area contributed by atoms with E-state index in [0.29, 0.717) is 13.0 Å². The molecule has 0 aliphatic rings. The van der Waals surface area contributed by atoms with Crippen LogP contribution in [0, 0.1) is 0 Å². The first-order valence-corrected chi connectivity index (χ1v) is 6.51. The molecule has 0 aliphatic carbocycles. The quantitative estimate of drug-likeness (QED) is 0.698. The minimum absolute atomic E-state index is 0. The third kappa shape index (κ3) is 7.47. The summed E-state index contributed by atoms with van der Waals surface area (Å²) >= 11 is 0. The molecule has 1 aromatic rings. The van der Waals surface area contributed by atoms with Gasteiger partial charge < -0.3 is 15.8 Å². The zero-order valence-electron chi connectivity index (χ0n) is 12.3. The van der Waals surface area contributed by atoms with Crippen LogP contribution in [0.3, 0.4) is 0 Å². The van der Waals surface area contributed by atoms with Crippen molar-refractivity contribution in [3.8, 4) is 5.88 Å². The molecule has 0 saturated heterocycles. The molecule has 0 fully saturated rings. The molecule has 23 heavy (non-hydrogen) atoms. The molecule has 132 valence electrons. The molecule has 0 bridgehead atoms. The minimum atomic E-state index is -4.25. The highest BCUT2D eigenvalue weighted by atomic mass is 35.5. The molecule has 1 aromatic heterocycles. The number of hydrogen-bond donors (Lipinski definition) is 2. The van der Waals surface area contributed by atoms with E-state index >= 15 is 0 Å². The van der Waals surface area contributed by atoms with Crippen LogP contribution >= 0.6 is 12.4 Å². The Hall–Kier alpha value is -1.61. The molecule has 0 saturated carbocycles. The summed E-state index contributed by atoms with van der Waals surface area (Å²) in [5.41, 5.74) is 5.72. The fourth-order valence-corrected chi connectivity index (χ4v) is 1.35. The van der Waals surface area contributed by atoms with E-state index in [9.17, 15) is 22.4 Å². The van der Waals surface area contributed by atoms with Crippen molar-refractivity contribution in [3.63, 3.8) is 0 Å². The molecule has 0 aliphatic heterocycles. The third-order valence-corrected chi connectivity index (χ3v) is 2.62. The fraction of sp³-hybridized carbons (Fsp3) is 0.538. The maximum Gasteiger partial charge on any atom is 0.340 e. The summed E-state index contributed by atoms with van der Waals surface area (Å²) in [5.74, 6) is -4.93. The number of halogens is 5. The van der Waals surface area contributed by atoms with Crippen LogP contribution in [-0.4, -0.2) is 42.4 Å². The van der Waals surface area contributed by atoms with Crippen molar-refractivity contribution in [2.75, 3.05) is 13.2 Å². The number of rotatable bonds is 8. The Balaban J connectivity index is 0.00000484. The molecule has 5 nitrogen and oxygen atoms in total. The van der Waals surface area contributed by atoms with Crippen LogP contribution in [0.25, 0.3) is 0 Å². The van der Waals surface area contributed by atoms with Crippen molar-refractivity contribution >= 4 is 18.3 Å². The highest BCUT2D eigenvalue weighted by Crippen LogP contribution is 2.23.